The minimum absolute atomic E-state index is 0.0383. The van der Waals surface area contributed by atoms with Gasteiger partial charge in [-0.1, -0.05) is 0 Å². The average molecular weight is 216 g/mol. The third-order valence-corrected chi connectivity index (χ3v) is 3.78. The fraction of sp³-hybridized carbons (Fsp3) is 0.900. The molecule has 0 spiro atoms. The van der Waals surface area contributed by atoms with Crippen molar-refractivity contribution in [2.75, 3.05) is 13.1 Å². The van der Waals surface area contributed by atoms with E-state index in [9.17, 15) is 13.6 Å². The van der Waals surface area contributed by atoms with E-state index in [0.29, 0.717) is 0 Å². The van der Waals surface area contributed by atoms with E-state index in [4.69, 9.17) is 0 Å². The zero-order valence-corrected chi connectivity index (χ0v) is 8.38. The summed E-state index contributed by atoms with van der Waals surface area (Å²) in [7, 11) is 0. The predicted molar refractivity (Wildman–Crippen MR) is 49.6 cm³/mol. The van der Waals surface area contributed by atoms with Crippen LogP contribution in [0.5, 0.6) is 0 Å². The highest BCUT2D eigenvalue weighted by atomic mass is 19.3. The van der Waals surface area contributed by atoms with Gasteiger partial charge in [0, 0.05) is 43.9 Å². The van der Waals surface area contributed by atoms with Crippen LogP contribution in [-0.4, -0.2) is 41.9 Å². The van der Waals surface area contributed by atoms with Crippen molar-refractivity contribution in [2.24, 2.45) is 5.92 Å². The van der Waals surface area contributed by atoms with Crippen LogP contribution in [0, 0.1) is 5.92 Å². The summed E-state index contributed by atoms with van der Waals surface area (Å²) in [6.45, 7) is 1.65. The van der Waals surface area contributed by atoms with Gasteiger partial charge in [0.05, 0.1) is 0 Å². The van der Waals surface area contributed by atoms with Crippen LogP contribution in [0.3, 0.4) is 0 Å². The second-order valence-corrected chi connectivity index (χ2v) is 4.91. The van der Waals surface area contributed by atoms with Crippen molar-refractivity contribution in [3.8, 4) is 0 Å². The Hall–Kier alpha value is -0.710. The molecule has 0 aromatic carbocycles. The molecule has 1 N–H and O–H groups in total. The molecule has 2 aliphatic heterocycles. The third kappa shape index (κ3) is 1.36. The Balaban J connectivity index is 1.62. The number of hydrogen-bond acceptors (Lipinski definition) is 2. The van der Waals surface area contributed by atoms with Gasteiger partial charge in [-0.3, -0.25) is 4.79 Å². The molecule has 2 saturated heterocycles. The van der Waals surface area contributed by atoms with Gasteiger partial charge in [-0.15, -0.1) is 0 Å². The summed E-state index contributed by atoms with van der Waals surface area (Å²) in [5, 5.41) is 3.22. The lowest BCUT2D eigenvalue weighted by atomic mass is 9.77. The van der Waals surface area contributed by atoms with Gasteiger partial charge in [0.25, 0.3) is 0 Å². The zero-order valence-electron chi connectivity index (χ0n) is 8.38. The first-order valence-electron chi connectivity index (χ1n) is 5.47. The van der Waals surface area contributed by atoms with E-state index in [2.05, 4.69) is 5.32 Å². The quantitative estimate of drug-likeness (QED) is 0.696. The van der Waals surface area contributed by atoms with E-state index in [-0.39, 0.29) is 30.8 Å². The summed E-state index contributed by atoms with van der Waals surface area (Å²) in [4.78, 5) is 13.7. The Morgan fingerprint density at radius 1 is 1.27 bits per heavy atom. The molecule has 84 valence electrons. The molecule has 2 unspecified atom stereocenters. The van der Waals surface area contributed by atoms with Crippen LogP contribution in [0.4, 0.5) is 8.78 Å². The maximum absolute atomic E-state index is 12.6. The smallest absolute Gasteiger partial charge is 0.249 e. The lowest BCUT2D eigenvalue weighted by Gasteiger charge is -2.55. The van der Waals surface area contributed by atoms with Gasteiger partial charge in [0.15, 0.2) is 0 Å². The van der Waals surface area contributed by atoms with Crippen molar-refractivity contribution in [1.82, 2.24) is 10.2 Å². The number of nitrogens with one attached hydrogen (secondary N) is 1. The Morgan fingerprint density at radius 2 is 1.87 bits per heavy atom. The first-order chi connectivity index (χ1) is 7.07. The van der Waals surface area contributed by atoms with Gasteiger partial charge in [-0.05, 0) is 6.42 Å². The number of rotatable bonds is 1. The van der Waals surface area contributed by atoms with E-state index >= 15 is 0 Å². The second-order valence-electron chi connectivity index (χ2n) is 4.91. The van der Waals surface area contributed by atoms with Gasteiger partial charge >= 0.3 is 0 Å². The Kier molecular flexibility index (Phi) is 1.84. The number of hydrogen-bond donors (Lipinski definition) is 1. The normalized spacial score (nSPS) is 38.1. The van der Waals surface area contributed by atoms with Gasteiger partial charge in [0.1, 0.15) is 0 Å². The number of carbonyl (C=O) groups excluding carboxylic acids is 1. The number of alkyl halides is 2. The molecule has 3 aliphatic rings. The van der Waals surface area contributed by atoms with Crippen LogP contribution in [0.15, 0.2) is 0 Å². The highest BCUT2D eigenvalue weighted by Crippen LogP contribution is 2.45. The van der Waals surface area contributed by atoms with Crippen LogP contribution in [-0.2, 0) is 4.79 Å². The minimum Gasteiger partial charge on any atom is -0.334 e. The summed E-state index contributed by atoms with van der Waals surface area (Å²) in [5.41, 5.74) is 0. The van der Waals surface area contributed by atoms with Crippen molar-refractivity contribution < 1.29 is 13.6 Å². The standard InChI is InChI=1S/C10H14F2N2O/c11-10(12)2-6(3-10)9(15)14-7-1-8(14)5-13-4-7/h6-8,13H,1-5H2. The van der Waals surface area contributed by atoms with E-state index in [0.717, 1.165) is 19.5 Å². The molecule has 3 rings (SSSR count). The first-order valence-corrected chi connectivity index (χ1v) is 5.47. The third-order valence-electron chi connectivity index (χ3n) is 3.78. The van der Waals surface area contributed by atoms with E-state index in [1.807, 2.05) is 4.90 Å². The maximum Gasteiger partial charge on any atom is 0.249 e. The number of halogens is 2. The second kappa shape index (κ2) is 2.90. The summed E-state index contributed by atoms with van der Waals surface area (Å²) in [6.07, 6.45) is 0.562. The predicted octanol–water partition coefficient (Wildman–Crippen LogP) is 0.604. The number of piperazine rings is 1. The monoisotopic (exact) mass is 216 g/mol. The summed E-state index contributed by atoms with van der Waals surface area (Å²) in [5.74, 6) is -3.04. The fourth-order valence-electron chi connectivity index (χ4n) is 2.89. The zero-order chi connectivity index (χ0) is 10.6. The van der Waals surface area contributed by atoms with Gasteiger partial charge in [-0.25, -0.2) is 8.78 Å². The van der Waals surface area contributed by atoms with Crippen LogP contribution < -0.4 is 5.32 Å². The molecule has 3 fully saturated rings. The van der Waals surface area contributed by atoms with Gasteiger partial charge in [0.2, 0.25) is 11.8 Å². The van der Waals surface area contributed by atoms with Gasteiger partial charge in [-0.2, -0.15) is 0 Å². The van der Waals surface area contributed by atoms with Crippen LogP contribution in [0.1, 0.15) is 19.3 Å². The summed E-state index contributed by atoms with van der Waals surface area (Å²) >= 11 is 0. The first kappa shape index (κ1) is 9.51. The van der Waals surface area contributed by atoms with Crippen molar-refractivity contribution >= 4 is 5.91 Å². The molecule has 0 aromatic heterocycles. The highest BCUT2D eigenvalue weighted by molar-refractivity contribution is 5.81. The van der Waals surface area contributed by atoms with Crippen LogP contribution in [0.25, 0.3) is 0 Å². The number of nitrogens with zero attached hydrogens (tertiary/aromatic N) is 1. The number of piperidine rings is 1. The molecular formula is C10H14F2N2O. The fourth-order valence-corrected chi connectivity index (χ4v) is 2.89. The minimum atomic E-state index is -2.58. The molecule has 0 radical (unpaired) electrons. The van der Waals surface area contributed by atoms with Crippen molar-refractivity contribution in [1.29, 1.82) is 0 Å². The summed E-state index contributed by atoms with van der Waals surface area (Å²) < 4.78 is 25.3. The van der Waals surface area contributed by atoms with E-state index < -0.39 is 11.8 Å². The van der Waals surface area contributed by atoms with Crippen LogP contribution in [0.2, 0.25) is 0 Å². The molecular weight excluding hydrogens is 202 g/mol. The molecule has 1 saturated carbocycles. The molecule has 1 aliphatic carbocycles. The number of amides is 1. The van der Waals surface area contributed by atoms with Crippen molar-refractivity contribution in [3.05, 3.63) is 0 Å². The van der Waals surface area contributed by atoms with Crippen LogP contribution >= 0.6 is 0 Å². The van der Waals surface area contributed by atoms with Crippen molar-refractivity contribution in [3.63, 3.8) is 0 Å². The maximum atomic E-state index is 12.6. The summed E-state index contributed by atoms with van der Waals surface area (Å²) in [6, 6.07) is 0.538. The molecule has 1 amide bonds. The van der Waals surface area contributed by atoms with Gasteiger partial charge < -0.3 is 10.2 Å². The molecule has 15 heavy (non-hydrogen) atoms. The number of fused-ring (bicyclic) bond motifs is 2. The Morgan fingerprint density at radius 3 is 2.33 bits per heavy atom. The molecule has 2 heterocycles. The largest absolute Gasteiger partial charge is 0.334 e. The van der Waals surface area contributed by atoms with E-state index in [1.54, 1.807) is 0 Å². The SMILES string of the molecule is O=C(C1CC(F)(F)C1)N1C2CNCC1C2. The Labute approximate surface area is 86.8 Å². The van der Waals surface area contributed by atoms with E-state index in [1.165, 1.54) is 0 Å². The topological polar surface area (TPSA) is 32.3 Å². The molecule has 5 heteroatoms. The Bertz CT molecular complexity index is 286. The molecule has 3 nitrogen and oxygen atoms in total. The lowest BCUT2D eigenvalue weighted by Crippen LogP contribution is -2.71. The van der Waals surface area contributed by atoms with Crippen molar-refractivity contribution in [2.45, 2.75) is 37.3 Å². The lowest BCUT2D eigenvalue weighted by molar-refractivity contribution is -0.173. The molecule has 0 aromatic rings. The molecule has 2 atom stereocenters. The number of carbonyl (C=O) groups is 1. The highest BCUT2D eigenvalue weighted by Gasteiger charge is 2.54. The average Bonchev–Trinajstić information content (AvgIpc) is 2.15. The molecule has 2 bridgehead atoms.